The summed E-state index contributed by atoms with van der Waals surface area (Å²) in [6.07, 6.45) is 0.949. The van der Waals surface area contributed by atoms with Crippen molar-refractivity contribution in [2.45, 2.75) is 13.0 Å². The van der Waals surface area contributed by atoms with Gasteiger partial charge in [-0.1, -0.05) is 0 Å². The smallest absolute Gasteiger partial charge is 0.409 e. The number of nitriles is 1. The van der Waals surface area contributed by atoms with Crippen LogP contribution in [0.25, 0.3) is 0 Å². The lowest BCUT2D eigenvalue weighted by Crippen LogP contribution is -2.36. The van der Waals surface area contributed by atoms with Crippen LogP contribution in [0.5, 0.6) is 0 Å². The highest BCUT2D eigenvalue weighted by atomic mass is 32.1. The Morgan fingerprint density at radius 2 is 2.37 bits per heavy atom. The molecular weight excluding hydrogens is 264 g/mol. The molecule has 1 aromatic heterocycles. The Kier molecular flexibility index (Phi) is 3.74. The third kappa shape index (κ3) is 2.70. The van der Waals surface area contributed by atoms with Gasteiger partial charge in [0.1, 0.15) is 0 Å². The third-order valence-electron chi connectivity index (χ3n) is 2.87. The lowest BCUT2D eigenvalue weighted by atomic mass is 10.2. The summed E-state index contributed by atoms with van der Waals surface area (Å²) in [6.45, 7) is 2.73. The lowest BCUT2D eigenvalue weighted by molar-refractivity contribution is 0.0463. The molecule has 0 fully saturated rings. The molecule has 2 heterocycles. The molecule has 2 N–H and O–H groups in total. The normalized spacial score (nSPS) is 16.9. The summed E-state index contributed by atoms with van der Waals surface area (Å²) >= 11 is 1.27. The molecule has 1 aliphatic heterocycles. The van der Waals surface area contributed by atoms with Gasteiger partial charge in [-0.2, -0.15) is 5.26 Å². The van der Waals surface area contributed by atoms with Gasteiger partial charge in [0.05, 0.1) is 11.1 Å². The highest BCUT2D eigenvalue weighted by Gasteiger charge is 2.28. The fraction of sp³-hybridized carbons (Fsp3) is 0.333. The van der Waals surface area contributed by atoms with Gasteiger partial charge in [0.25, 0.3) is 0 Å². The number of carboxylic acid groups (broad SMARTS) is 1. The zero-order valence-electron chi connectivity index (χ0n) is 10.6. The van der Waals surface area contributed by atoms with E-state index < -0.39 is 12.1 Å². The maximum atomic E-state index is 10.6. The molecule has 1 aliphatic rings. The SMILES string of the molecule is CC1=CCN(C)N1C(C#N)c1ccc(NC(=O)O)s1. The van der Waals surface area contributed by atoms with Crippen LogP contribution in [-0.2, 0) is 0 Å². The highest BCUT2D eigenvalue weighted by Crippen LogP contribution is 2.34. The van der Waals surface area contributed by atoms with Crippen LogP contribution in [0.3, 0.4) is 0 Å². The van der Waals surface area contributed by atoms with E-state index in [1.54, 1.807) is 12.1 Å². The molecule has 0 radical (unpaired) electrons. The van der Waals surface area contributed by atoms with Gasteiger partial charge in [-0.05, 0) is 25.1 Å². The fourth-order valence-corrected chi connectivity index (χ4v) is 2.96. The van der Waals surface area contributed by atoms with Crippen LogP contribution in [0.15, 0.2) is 23.9 Å². The van der Waals surface area contributed by atoms with Gasteiger partial charge in [0.2, 0.25) is 0 Å². The van der Waals surface area contributed by atoms with Crippen molar-refractivity contribution in [3.8, 4) is 6.07 Å². The minimum atomic E-state index is -1.10. The molecule has 1 atom stereocenters. The summed E-state index contributed by atoms with van der Waals surface area (Å²) in [6, 6.07) is 5.29. The minimum absolute atomic E-state index is 0.432. The minimum Gasteiger partial charge on any atom is -0.465 e. The molecule has 1 amide bonds. The summed E-state index contributed by atoms with van der Waals surface area (Å²) in [4.78, 5) is 11.4. The quantitative estimate of drug-likeness (QED) is 0.888. The van der Waals surface area contributed by atoms with E-state index in [4.69, 9.17) is 5.11 Å². The van der Waals surface area contributed by atoms with Crippen molar-refractivity contribution in [1.29, 1.82) is 5.26 Å². The molecule has 0 saturated heterocycles. The van der Waals surface area contributed by atoms with Gasteiger partial charge in [-0.15, -0.1) is 11.3 Å². The first-order valence-electron chi connectivity index (χ1n) is 5.69. The first kappa shape index (κ1) is 13.4. The van der Waals surface area contributed by atoms with E-state index in [0.29, 0.717) is 5.00 Å². The standard InChI is InChI=1S/C12H14N4O2S/c1-8-5-6-15(2)16(8)9(7-13)10-3-4-11(19-10)14-12(17)18/h3-5,9,14H,6H2,1-2H3,(H,17,18). The van der Waals surface area contributed by atoms with E-state index in [2.05, 4.69) is 11.4 Å². The number of allylic oxidation sites excluding steroid dienone is 1. The summed E-state index contributed by atoms with van der Waals surface area (Å²) in [5.74, 6) is 0. The van der Waals surface area contributed by atoms with Crippen molar-refractivity contribution in [3.05, 3.63) is 28.8 Å². The van der Waals surface area contributed by atoms with Gasteiger partial charge in [0.15, 0.2) is 6.04 Å². The van der Waals surface area contributed by atoms with Crippen LogP contribution in [0, 0.1) is 11.3 Å². The van der Waals surface area contributed by atoms with Crippen molar-refractivity contribution in [1.82, 2.24) is 10.0 Å². The van der Waals surface area contributed by atoms with Gasteiger partial charge in [-0.3, -0.25) is 10.3 Å². The van der Waals surface area contributed by atoms with E-state index in [-0.39, 0.29) is 0 Å². The molecule has 1 aromatic rings. The first-order chi connectivity index (χ1) is 9.02. The molecule has 0 aromatic carbocycles. The Morgan fingerprint density at radius 1 is 1.63 bits per heavy atom. The Bertz CT molecular complexity index is 560. The molecule has 7 heteroatoms. The molecule has 0 aliphatic carbocycles. The number of nitrogens with zero attached hydrogens (tertiary/aromatic N) is 3. The van der Waals surface area contributed by atoms with E-state index in [9.17, 15) is 10.1 Å². The number of hydrogen-bond donors (Lipinski definition) is 2. The fourth-order valence-electron chi connectivity index (χ4n) is 2.03. The Hall–Kier alpha value is -2.04. The van der Waals surface area contributed by atoms with Gasteiger partial charge < -0.3 is 5.11 Å². The number of hydrazine groups is 1. The topological polar surface area (TPSA) is 79.6 Å². The monoisotopic (exact) mass is 278 g/mol. The molecule has 100 valence electrons. The average Bonchev–Trinajstić information content (AvgIpc) is 2.91. The van der Waals surface area contributed by atoms with Gasteiger partial charge >= 0.3 is 6.09 Å². The zero-order valence-corrected chi connectivity index (χ0v) is 11.4. The van der Waals surface area contributed by atoms with E-state index >= 15 is 0 Å². The van der Waals surface area contributed by atoms with Gasteiger partial charge in [0, 0.05) is 24.2 Å². The van der Waals surface area contributed by atoms with Crippen LogP contribution >= 0.6 is 11.3 Å². The predicted molar refractivity (Wildman–Crippen MR) is 72.5 cm³/mol. The largest absolute Gasteiger partial charge is 0.465 e. The molecule has 1 unspecified atom stereocenters. The Balaban J connectivity index is 2.23. The number of likely N-dealkylation sites (N-methyl/N-ethyl adjacent to an activating group) is 1. The lowest BCUT2D eigenvalue weighted by Gasteiger charge is -2.31. The van der Waals surface area contributed by atoms with Crippen LogP contribution < -0.4 is 5.32 Å². The molecule has 0 bridgehead atoms. The molecular formula is C12H14N4O2S. The number of anilines is 1. The third-order valence-corrected chi connectivity index (χ3v) is 3.93. The first-order valence-corrected chi connectivity index (χ1v) is 6.51. The Labute approximate surface area is 115 Å². The molecule has 6 nitrogen and oxygen atoms in total. The maximum absolute atomic E-state index is 10.6. The maximum Gasteiger partial charge on any atom is 0.409 e. The van der Waals surface area contributed by atoms with Crippen molar-refractivity contribution in [2.24, 2.45) is 0 Å². The summed E-state index contributed by atoms with van der Waals surface area (Å²) < 4.78 is 0. The number of carbonyl (C=O) groups is 1. The summed E-state index contributed by atoms with van der Waals surface area (Å²) in [5.41, 5.74) is 1.02. The summed E-state index contributed by atoms with van der Waals surface area (Å²) in [5, 5.41) is 24.8. The van der Waals surface area contributed by atoms with Crippen molar-refractivity contribution in [2.75, 3.05) is 18.9 Å². The molecule has 0 saturated carbocycles. The number of rotatable bonds is 3. The summed E-state index contributed by atoms with van der Waals surface area (Å²) in [7, 11) is 1.92. The van der Waals surface area contributed by atoms with Gasteiger partial charge in [-0.25, -0.2) is 9.80 Å². The van der Waals surface area contributed by atoms with Crippen LogP contribution in [-0.4, -0.2) is 34.8 Å². The Morgan fingerprint density at radius 3 is 2.89 bits per heavy atom. The van der Waals surface area contributed by atoms with E-state index in [1.165, 1.54) is 11.3 Å². The number of hydrogen-bond acceptors (Lipinski definition) is 5. The highest BCUT2D eigenvalue weighted by molar-refractivity contribution is 7.16. The van der Waals surface area contributed by atoms with Crippen LogP contribution in [0.4, 0.5) is 9.80 Å². The molecule has 2 rings (SSSR count). The predicted octanol–water partition coefficient (Wildman–Crippen LogP) is 2.47. The second-order valence-corrected chi connectivity index (χ2v) is 5.31. The second kappa shape index (κ2) is 5.30. The zero-order chi connectivity index (χ0) is 14.0. The average molecular weight is 278 g/mol. The van der Waals surface area contributed by atoms with Crippen LogP contribution in [0.1, 0.15) is 17.8 Å². The van der Waals surface area contributed by atoms with E-state index in [0.717, 1.165) is 17.1 Å². The molecule has 19 heavy (non-hydrogen) atoms. The van der Waals surface area contributed by atoms with Crippen molar-refractivity contribution in [3.63, 3.8) is 0 Å². The van der Waals surface area contributed by atoms with Crippen molar-refractivity contribution >= 4 is 22.4 Å². The van der Waals surface area contributed by atoms with Crippen molar-refractivity contribution < 1.29 is 9.90 Å². The molecule has 0 spiro atoms. The number of thiophene rings is 1. The number of amides is 1. The van der Waals surface area contributed by atoms with E-state index in [1.807, 2.05) is 30.1 Å². The second-order valence-electron chi connectivity index (χ2n) is 4.19. The number of nitrogens with one attached hydrogen (secondary N) is 1. The van der Waals surface area contributed by atoms with Crippen LogP contribution in [0.2, 0.25) is 0 Å².